The molecule has 1 aromatic heterocycles. The second-order valence-electron chi connectivity index (χ2n) is 3.31. The third kappa shape index (κ3) is 2.59. The Morgan fingerprint density at radius 2 is 2.07 bits per heavy atom. The Morgan fingerprint density at radius 3 is 2.60 bits per heavy atom. The molecule has 5 nitrogen and oxygen atoms in total. The third-order valence-electron chi connectivity index (χ3n) is 2.05. The molecule has 0 saturated heterocycles. The van der Waals surface area contributed by atoms with Crippen LogP contribution in [0.3, 0.4) is 0 Å². The maximum atomic E-state index is 11.6. The van der Waals surface area contributed by atoms with Crippen LogP contribution in [-0.2, 0) is 17.9 Å². The summed E-state index contributed by atoms with van der Waals surface area (Å²) in [6.07, 6.45) is 4.09. The molecule has 1 N–H and O–H groups in total. The van der Waals surface area contributed by atoms with E-state index in [1.807, 2.05) is 6.92 Å². The van der Waals surface area contributed by atoms with Gasteiger partial charge >= 0.3 is 11.7 Å². The van der Waals surface area contributed by atoms with Gasteiger partial charge in [-0.25, -0.2) is 9.59 Å². The molecule has 0 aliphatic carbocycles. The molecular weight excluding hydrogens is 196 g/mol. The van der Waals surface area contributed by atoms with Crippen molar-refractivity contribution in [2.24, 2.45) is 0 Å². The van der Waals surface area contributed by atoms with Gasteiger partial charge in [-0.15, -0.1) is 0 Å². The van der Waals surface area contributed by atoms with E-state index < -0.39 is 5.97 Å². The maximum Gasteiger partial charge on any atom is 0.332 e. The largest absolute Gasteiger partial charge is 0.478 e. The number of hydrogen-bond acceptors (Lipinski definition) is 2. The van der Waals surface area contributed by atoms with Crippen LogP contribution in [0.1, 0.15) is 13.3 Å². The molecule has 82 valence electrons. The van der Waals surface area contributed by atoms with Gasteiger partial charge in [-0.2, -0.15) is 0 Å². The summed E-state index contributed by atoms with van der Waals surface area (Å²) in [6.45, 7) is 6.03. The molecule has 5 heteroatoms. The van der Waals surface area contributed by atoms with E-state index in [2.05, 4.69) is 6.58 Å². The minimum atomic E-state index is -1.08. The van der Waals surface area contributed by atoms with Crippen molar-refractivity contribution in [1.82, 2.24) is 9.13 Å². The molecular formula is C10H14N2O3. The van der Waals surface area contributed by atoms with Crippen LogP contribution in [0.2, 0.25) is 0 Å². The van der Waals surface area contributed by atoms with E-state index >= 15 is 0 Å². The fraction of sp³-hybridized carbons (Fsp3) is 0.400. The monoisotopic (exact) mass is 210 g/mol. The van der Waals surface area contributed by atoms with E-state index in [1.165, 1.54) is 4.57 Å². The number of aromatic nitrogens is 2. The topological polar surface area (TPSA) is 64.2 Å². The first-order chi connectivity index (χ1) is 7.06. The Kier molecular flexibility index (Phi) is 3.49. The highest BCUT2D eigenvalue weighted by atomic mass is 16.4. The highest BCUT2D eigenvalue weighted by molar-refractivity contribution is 5.85. The molecule has 0 saturated carbocycles. The Balaban J connectivity index is 2.84. The van der Waals surface area contributed by atoms with Crippen LogP contribution in [0.25, 0.3) is 0 Å². The number of hydrogen-bond donors (Lipinski definition) is 1. The lowest BCUT2D eigenvalue weighted by Gasteiger charge is -2.00. The van der Waals surface area contributed by atoms with Crippen molar-refractivity contribution in [1.29, 1.82) is 0 Å². The highest BCUT2D eigenvalue weighted by Crippen LogP contribution is 1.96. The lowest BCUT2D eigenvalue weighted by Crippen LogP contribution is -2.25. The second kappa shape index (κ2) is 4.63. The van der Waals surface area contributed by atoms with E-state index in [1.54, 1.807) is 17.0 Å². The fourth-order valence-corrected chi connectivity index (χ4v) is 1.26. The van der Waals surface area contributed by atoms with Crippen molar-refractivity contribution < 1.29 is 9.90 Å². The molecule has 0 bridgehead atoms. The summed E-state index contributed by atoms with van der Waals surface area (Å²) in [4.78, 5) is 22.1. The average Bonchev–Trinajstić information content (AvgIpc) is 2.50. The first-order valence-corrected chi connectivity index (χ1v) is 4.73. The van der Waals surface area contributed by atoms with Crippen LogP contribution in [0.15, 0.2) is 29.3 Å². The van der Waals surface area contributed by atoms with Gasteiger partial charge in [0.25, 0.3) is 0 Å². The van der Waals surface area contributed by atoms with Crippen LogP contribution in [0.4, 0.5) is 0 Å². The Morgan fingerprint density at radius 1 is 1.47 bits per heavy atom. The molecule has 0 fully saturated rings. The fourth-order valence-electron chi connectivity index (χ4n) is 1.26. The molecule has 0 atom stereocenters. The van der Waals surface area contributed by atoms with Gasteiger partial charge in [0.05, 0.1) is 6.54 Å². The van der Waals surface area contributed by atoms with E-state index in [-0.39, 0.29) is 17.8 Å². The summed E-state index contributed by atoms with van der Waals surface area (Å²) in [5.74, 6) is -1.08. The minimum absolute atomic E-state index is 0.00588. The lowest BCUT2D eigenvalue weighted by atomic mass is 10.3. The van der Waals surface area contributed by atoms with Gasteiger partial charge in [-0.05, 0) is 6.42 Å². The predicted molar refractivity (Wildman–Crippen MR) is 55.8 cm³/mol. The molecule has 0 aliphatic heterocycles. The molecule has 0 unspecified atom stereocenters. The quantitative estimate of drug-likeness (QED) is 0.727. The van der Waals surface area contributed by atoms with E-state index in [0.717, 1.165) is 6.42 Å². The van der Waals surface area contributed by atoms with E-state index in [9.17, 15) is 9.59 Å². The van der Waals surface area contributed by atoms with Crippen molar-refractivity contribution in [2.75, 3.05) is 0 Å². The van der Waals surface area contributed by atoms with Crippen LogP contribution in [0, 0.1) is 0 Å². The summed E-state index contributed by atoms with van der Waals surface area (Å²) >= 11 is 0. The zero-order valence-electron chi connectivity index (χ0n) is 8.64. The van der Waals surface area contributed by atoms with Gasteiger partial charge in [-0.3, -0.25) is 9.13 Å². The van der Waals surface area contributed by atoms with Crippen molar-refractivity contribution >= 4 is 5.97 Å². The summed E-state index contributed by atoms with van der Waals surface area (Å²) in [5, 5.41) is 8.62. The zero-order valence-corrected chi connectivity index (χ0v) is 8.64. The van der Waals surface area contributed by atoms with Gasteiger partial charge in [-0.1, -0.05) is 13.5 Å². The SMILES string of the molecule is C=C(Cn1ccn(CCC)c1=O)C(=O)O. The Bertz CT molecular complexity index is 428. The molecule has 1 rings (SSSR count). The molecule has 15 heavy (non-hydrogen) atoms. The van der Waals surface area contributed by atoms with Gasteiger partial charge in [0.2, 0.25) is 0 Å². The number of aryl methyl sites for hydroxylation is 1. The molecule has 0 aromatic carbocycles. The summed E-state index contributed by atoms with van der Waals surface area (Å²) in [5.41, 5.74) is -0.189. The van der Waals surface area contributed by atoms with Crippen molar-refractivity contribution in [2.45, 2.75) is 26.4 Å². The van der Waals surface area contributed by atoms with Crippen molar-refractivity contribution in [3.63, 3.8) is 0 Å². The minimum Gasteiger partial charge on any atom is -0.478 e. The molecule has 0 radical (unpaired) electrons. The van der Waals surface area contributed by atoms with Gasteiger partial charge in [0.15, 0.2) is 0 Å². The number of carboxylic acid groups (broad SMARTS) is 1. The third-order valence-corrected chi connectivity index (χ3v) is 2.05. The van der Waals surface area contributed by atoms with Crippen molar-refractivity contribution in [3.05, 3.63) is 35.0 Å². The van der Waals surface area contributed by atoms with E-state index in [0.29, 0.717) is 6.54 Å². The lowest BCUT2D eigenvalue weighted by molar-refractivity contribution is -0.132. The molecule has 1 aromatic rings. The summed E-state index contributed by atoms with van der Waals surface area (Å²) in [6, 6.07) is 0. The zero-order chi connectivity index (χ0) is 11.4. The highest BCUT2D eigenvalue weighted by Gasteiger charge is 2.08. The number of rotatable bonds is 5. The second-order valence-corrected chi connectivity index (χ2v) is 3.31. The first-order valence-electron chi connectivity index (χ1n) is 4.73. The standard InChI is InChI=1S/C10H14N2O3/c1-3-4-11-5-6-12(10(11)15)7-8(2)9(13)14/h5-6H,2-4,7H2,1H3,(H,13,14). The normalized spacial score (nSPS) is 10.2. The van der Waals surface area contributed by atoms with Crippen LogP contribution < -0.4 is 5.69 Å². The van der Waals surface area contributed by atoms with Gasteiger partial charge < -0.3 is 5.11 Å². The average molecular weight is 210 g/mol. The van der Waals surface area contributed by atoms with Crippen LogP contribution in [0.5, 0.6) is 0 Å². The van der Waals surface area contributed by atoms with Crippen LogP contribution in [-0.4, -0.2) is 20.2 Å². The van der Waals surface area contributed by atoms with E-state index in [4.69, 9.17) is 5.11 Å². The molecule has 0 aliphatic rings. The molecule has 1 heterocycles. The number of carboxylic acids is 1. The van der Waals surface area contributed by atoms with Gasteiger partial charge in [0, 0.05) is 24.5 Å². The number of imidazole rings is 1. The Hall–Kier alpha value is -1.78. The number of nitrogens with zero attached hydrogens (tertiary/aromatic N) is 2. The predicted octanol–water partition coefficient (Wildman–Crippen LogP) is 0.701. The van der Waals surface area contributed by atoms with Gasteiger partial charge in [0.1, 0.15) is 0 Å². The molecule has 0 amide bonds. The van der Waals surface area contributed by atoms with Crippen LogP contribution >= 0.6 is 0 Å². The summed E-state index contributed by atoms with van der Waals surface area (Å²) in [7, 11) is 0. The number of aliphatic carboxylic acids is 1. The first kappa shape index (κ1) is 11.3. The number of carbonyl (C=O) groups is 1. The summed E-state index contributed by atoms with van der Waals surface area (Å²) < 4.78 is 2.89. The Labute approximate surface area is 87.3 Å². The smallest absolute Gasteiger partial charge is 0.332 e. The maximum absolute atomic E-state index is 11.6. The van der Waals surface area contributed by atoms with Crippen molar-refractivity contribution in [3.8, 4) is 0 Å². The molecule has 0 spiro atoms.